The molecule has 0 aromatic heterocycles. The Bertz CT molecular complexity index is 204. The van der Waals surface area contributed by atoms with Gasteiger partial charge in [-0.1, -0.05) is 0 Å². The van der Waals surface area contributed by atoms with E-state index in [2.05, 4.69) is 6.07 Å². The number of nitrogens with zero attached hydrogens (tertiary/aromatic N) is 1. The first kappa shape index (κ1) is 11.4. The van der Waals surface area contributed by atoms with Gasteiger partial charge in [0.25, 0.3) is 0 Å². The second-order valence-corrected chi connectivity index (χ2v) is 3.80. The number of aliphatic hydroxyl groups excluding tert-OH is 2. The Morgan fingerprint density at radius 2 is 2.00 bits per heavy atom. The summed E-state index contributed by atoms with van der Waals surface area (Å²) in [7, 11) is 0. The summed E-state index contributed by atoms with van der Waals surface area (Å²) in [6.07, 6.45) is 2.98. The molecule has 0 atom stereocenters. The average Bonchev–Trinajstić information content (AvgIpc) is 2.27. The highest BCUT2D eigenvalue weighted by Crippen LogP contribution is 2.34. The first-order valence-corrected chi connectivity index (χ1v) is 5.03. The number of hydrogen-bond donors (Lipinski definition) is 2. The second-order valence-electron chi connectivity index (χ2n) is 3.80. The van der Waals surface area contributed by atoms with Crippen molar-refractivity contribution in [2.24, 2.45) is 5.92 Å². The van der Waals surface area contributed by atoms with E-state index in [1.54, 1.807) is 0 Å². The molecule has 0 radical (unpaired) electrons. The number of rotatable bonds is 4. The van der Waals surface area contributed by atoms with Crippen molar-refractivity contribution < 1.29 is 14.9 Å². The summed E-state index contributed by atoms with van der Waals surface area (Å²) < 4.78 is 5.37. The minimum Gasteiger partial charge on any atom is -0.396 e. The first-order chi connectivity index (χ1) is 6.76. The predicted octanol–water partition coefficient (Wildman–Crippen LogP) is 0.440. The van der Waals surface area contributed by atoms with Crippen molar-refractivity contribution in [1.29, 1.82) is 5.26 Å². The molecule has 0 amide bonds. The van der Waals surface area contributed by atoms with Gasteiger partial charge < -0.3 is 14.9 Å². The smallest absolute Gasteiger partial charge is 0.154 e. The summed E-state index contributed by atoms with van der Waals surface area (Å²) in [6.45, 7) is 0.367. The fourth-order valence-electron chi connectivity index (χ4n) is 1.86. The van der Waals surface area contributed by atoms with Gasteiger partial charge in [-0.15, -0.1) is 0 Å². The van der Waals surface area contributed by atoms with Crippen LogP contribution in [-0.4, -0.2) is 35.6 Å². The van der Waals surface area contributed by atoms with Gasteiger partial charge in [0.2, 0.25) is 0 Å². The molecule has 0 bridgehead atoms. The molecular formula is C10H17NO3. The highest BCUT2D eigenvalue weighted by molar-refractivity contribution is 5.04. The monoisotopic (exact) mass is 199 g/mol. The van der Waals surface area contributed by atoms with Crippen molar-refractivity contribution in [2.75, 3.05) is 19.8 Å². The van der Waals surface area contributed by atoms with Gasteiger partial charge in [0, 0.05) is 6.61 Å². The predicted molar refractivity (Wildman–Crippen MR) is 50.4 cm³/mol. The molecule has 1 saturated carbocycles. The maximum atomic E-state index is 9.01. The van der Waals surface area contributed by atoms with Crippen LogP contribution in [0.5, 0.6) is 0 Å². The largest absolute Gasteiger partial charge is 0.396 e. The second kappa shape index (κ2) is 5.30. The highest BCUT2D eigenvalue weighted by atomic mass is 16.5. The van der Waals surface area contributed by atoms with E-state index in [0.717, 1.165) is 12.8 Å². The summed E-state index contributed by atoms with van der Waals surface area (Å²) in [6, 6.07) is 2.18. The van der Waals surface area contributed by atoms with E-state index < -0.39 is 5.60 Å². The summed E-state index contributed by atoms with van der Waals surface area (Å²) in [5, 5.41) is 26.6. The highest BCUT2D eigenvalue weighted by Gasteiger charge is 2.35. The molecule has 0 heterocycles. The molecule has 80 valence electrons. The SMILES string of the molecule is N#CC1(OCCO)CCC(CO)CC1. The van der Waals surface area contributed by atoms with Crippen LogP contribution in [0.2, 0.25) is 0 Å². The molecule has 1 rings (SSSR count). The number of ether oxygens (including phenoxy) is 1. The van der Waals surface area contributed by atoms with Crippen molar-refractivity contribution in [3.05, 3.63) is 0 Å². The van der Waals surface area contributed by atoms with E-state index in [9.17, 15) is 0 Å². The van der Waals surface area contributed by atoms with Crippen LogP contribution in [0, 0.1) is 17.2 Å². The Hall–Kier alpha value is -0.630. The zero-order valence-corrected chi connectivity index (χ0v) is 8.28. The van der Waals surface area contributed by atoms with Crippen molar-refractivity contribution >= 4 is 0 Å². The lowest BCUT2D eigenvalue weighted by molar-refractivity contribution is -0.0525. The Morgan fingerprint density at radius 3 is 2.43 bits per heavy atom. The van der Waals surface area contributed by atoms with Crippen LogP contribution in [0.4, 0.5) is 0 Å². The Balaban J connectivity index is 2.45. The van der Waals surface area contributed by atoms with Gasteiger partial charge in [0.1, 0.15) is 0 Å². The van der Waals surface area contributed by atoms with E-state index in [0.29, 0.717) is 18.8 Å². The van der Waals surface area contributed by atoms with Gasteiger partial charge in [-0.2, -0.15) is 5.26 Å². The molecule has 2 N–H and O–H groups in total. The lowest BCUT2D eigenvalue weighted by Gasteiger charge is -2.33. The van der Waals surface area contributed by atoms with E-state index in [1.165, 1.54) is 0 Å². The molecular weight excluding hydrogens is 182 g/mol. The van der Waals surface area contributed by atoms with Crippen molar-refractivity contribution in [3.63, 3.8) is 0 Å². The molecule has 0 unspecified atom stereocenters. The van der Waals surface area contributed by atoms with Gasteiger partial charge >= 0.3 is 0 Å². The third kappa shape index (κ3) is 2.68. The molecule has 14 heavy (non-hydrogen) atoms. The van der Waals surface area contributed by atoms with E-state index in [4.69, 9.17) is 20.2 Å². The maximum absolute atomic E-state index is 9.01. The fraction of sp³-hybridized carbons (Fsp3) is 0.900. The zero-order chi connectivity index (χ0) is 10.4. The minimum atomic E-state index is -0.714. The minimum absolute atomic E-state index is 0.0488. The normalized spacial score (nSPS) is 32.5. The van der Waals surface area contributed by atoms with Crippen LogP contribution in [0.15, 0.2) is 0 Å². The van der Waals surface area contributed by atoms with Gasteiger partial charge in [-0.05, 0) is 31.6 Å². The summed E-state index contributed by atoms with van der Waals surface area (Å²) in [5.41, 5.74) is -0.714. The van der Waals surface area contributed by atoms with E-state index >= 15 is 0 Å². The summed E-state index contributed by atoms with van der Waals surface area (Å²) >= 11 is 0. The van der Waals surface area contributed by atoms with Crippen LogP contribution in [0.1, 0.15) is 25.7 Å². The third-order valence-corrected chi connectivity index (χ3v) is 2.84. The van der Waals surface area contributed by atoms with Crippen LogP contribution in [-0.2, 0) is 4.74 Å². The van der Waals surface area contributed by atoms with Gasteiger partial charge in [-0.3, -0.25) is 0 Å². The summed E-state index contributed by atoms with van der Waals surface area (Å²) in [4.78, 5) is 0. The molecule has 1 aliphatic carbocycles. The molecule has 0 aliphatic heterocycles. The van der Waals surface area contributed by atoms with Gasteiger partial charge in [0.05, 0.1) is 19.3 Å². The maximum Gasteiger partial charge on any atom is 0.154 e. The standard InChI is InChI=1S/C10H17NO3/c11-8-10(14-6-5-12)3-1-9(7-13)2-4-10/h9,12-13H,1-7H2. The number of hydrogen-bond acceptors (Lipinski definition) is 4. The molecule has 0 aromatic carbocycles. The van der Waals surface area contributed by atoms with Crippen LogP contribution in [0.25, 0.3) is 0 Å². The zero-order valence-electron chi connectivity index (χ0n) is 8.28. The third-order valence-electron chi connectivity index (χ3n) is 2.84. The number of nitriles is 1. The topological polar surface area (TPSA) is 73.5 Å². The molecule has 1 aliphatic rings. The Labute approximate surface area is 84.1 Å². The molecule has 4 nitrogen and oxygen atoms in total. The van der Waals surface area contributed by atoms with Crippen LogP contribution < -0.4 is 0 Å². The molecule has 1 fully saturated rings. The Kier molecular flexibility index (Phi) is 4.33. The lowest BCUT2D eigenvalue weighted by Crippen LogP contribution is -2.37. The van der Waals surface area contributed by atoms with Gasteiger partial charge in [-0.25, -0.2) is 0 Å². The lowest BCUT2D eigenvalue weighted by atomic mass is 9.80. The molecule has 0 saturated heterocycles. The van der Waals surface area contributed by atoms with Gasteiger partial charge in [0.15, 0.2) is 5.60 Å². The van der Waals surface area contributed by atoms with Crippen molar-refractivity contribution in [1.82, 2.24) is 0 Å². The quantitative estimate of drug-likeness (QED) is 0.689. The summed E-state index contributed by atoms with van der Waals surface area (Å²) in [5.74, 6) is 0.314. The fourth-order valence-corrected chi connectivity index (χ4v) is 1.86. The van der Waals surface area contributed by atoms with E-state index in [-0.39, 0.29) is 19.8 Å². The molecule has 4 heteroatoms. The van der Waals surface area contributed by atoms with Crippen LogP contribution >= 0.6 is 0 Å². The molecule has 0 spiro atoms. The molecule has 0 aromatic rings. The average molecular weight is 199 g/mol. The van der Waals surface area contributed by atoms with E-state index in [1.807, 2.05) is 0 Å². The number of aliphatic hydroxyl groups is 2. The van der Waals surface area contributed by atoms with Crippen LogP contribution in [0.3, 0.4) is 0 Å². The van der Waals surface area contributed by atoms with Crippen molar-refractivity contribution in [3.8, 4) is 6.07 Å². The Morgan fingerprint density at radius 1 is 1.36 bits per heavy atom. The van der Waals surface area contributed by atoms with Crippen molar-refractivity contribution in [2.45, 2.75) is 31.3 Å². The first-order valence-electron chi connectivity index (χ1n) is 5.03.